The summed E-state index contributed by atoms with van der Waals surface area (Å²) in [7, 11) is 4.30. The van der Waals surface area contributed by atoms with Gasteiger partial charge in [0.2, 0.25) is 0 Å². The number of likely N-dealkylation sites (N-methyl/N-ethyl adjacent to an activating group) is 1. The molecule has 2 nitrogen and oxygen atoms in total. The molecule has 0 unspecified atom stereocenters. The Hall–Kier alpha value is -1.28. The van der Waals surface area contributed by atoms with Gasteiger partial charge in [-0.25, -0.2) is 0 Å². The standard InChI is InChI=1S/C16H24N2/c1-15(2,16(3,4)18(5)6)13-11-17-14-10-8-7-9-12(13)14/h7-11,17H,1-6H3. The number of nitrogens with one attached hydrogen (secondary N) is 1. The van der Waals surface area contributed by atoms with Crippen LogP contribution in [-0.4, -0.2) is 29.5 Å². The molecule has 0 bridgehead atoms. The lowest BCUT2D eigenvalue weighted by Crippen LogP contribution is -2.52. The molecule has 1 heterocycles. The molecule has 0 fully saturated rings. The summed E-state index contributed by atoms with van der Waals surface area (Å²) in [6.45, 7) is 9.24. The van der Waals surface area contributed by atoms with E-state index < -0.39 is 0 Å². The third kappa shape index (κ3) is 1.76. The number of aromatic amines is 1. The fraction of sp³-hybridized carbons (Fsp3) is 0.500. The predicted octanol–water partition coefficient (Wildman–Crippen LogP) is 3.79. The Labute approximate surface area is 110 Å². The van der Waals surface area contributed by atoms with Crippen LogP contribution in [0.25, 0.3) is 10.9 Å². The minimum atomic E-state index is 0.0656. The Balaban J connectivity index is 2.60. The first kappa shape index (κ1) is 13.2. The van der Waals surface area contributed by atoms with Crippen LogP contribution in [-0.2, 0) is 5.41 Å². The van der Waals surface area contributed by atoms with Crippen molar-refractivity contribution in [2.75, 3.05) is 14.1 Å². The first-order valence-electron chi connectivity index (χ1n) is 6.52. The highest BCUT2D eigenvalue weighted by Gasteiger charge is 2.41. The zero-order valence-electron chi connectivity index (χ0n) is 12.3. The molecule has 0 radical (unpaired) electrons. The van der Waals surface area contributed by atoms with Crippen LogP contribution in [0, 0.1) is 0 Å². The van der Waals surface area contributed by atoms with Crippen molar-refractivity contribution in [3.05, 3.63) is 36.0 Å². The Morgan fingerprint density at radius 3 is 2.22 bits per heavy atom. The highest BCUT2D eigenvalue weighted by Crippen LogP contribution is 2.40. The van der Waals surface area contributed by atoms with Gasteiger partial charge in [0.1, 0.15) is 0 Å². The summed E-state index contributed by atoms with van der Waals surface area (Å²) >= 11 is 0. The fourth-order valence-electron chi connectivity index (χ4n) is 2.48. The maximum absolute atomic E-state index is 3.39. The average Bonchev–Trinajstić information content (AvgIpc) is 2.72. The lowest BCUT2D eigenvalue weighted by atomic mass is 9.69. The lowest BCUT2D eigenvalue weighted by molar-refractivity contribution is 0.107. The molecule has 18 heavy (non-hydrogen) atoms. The number of aromatic nitrogens is 1. The third-order valence-electron chi connectivity index (χ3n) is 4.91. The van der Waals surface area contributed by atoms with Crippen LogP contribution in [0.5, 0.6) is 0 Å². The first-order chi connectivity index (χ1) is 8.28. The Bertz CT molecular complexity index is 547. The van der Waals surface area contributed by atoms with Crippen molar-refractivity contribution < 1.29 is 0 Å². The molecule has 0 spiro atoms. The molecule has 0 aliphatic rings. The molecule has 0 amide bonds. The predicted molar refractivity (Wildman–Crippen MR) is 79.1 cm³/mol. The Morgan fingerprint density at radius 2 is 1.61 bits per heavy atom. The van der Waals surface area contributed by atoms with E-state index in [1.54, 1.807) is 0 Å². The van der Waals surface area contributed by atoms with Crippen molar-refractivity contribution >= 4 is 10.9 Å². The van der Waals surface area contributed by atoms with E-state index >= 15 is 0 Å². The molecule has 2 aromatic rings. The molecule has 1 aromatic heterocycles. The summed E-state index contributed by atoms with van der Waals surface area (Å²) in [6, 6.07) is 8.53. The zero-order valence-corrected chi connectivity index (χ0v) is 12.3. The highest BCUT2D eigenvalue weighted by molar-refractivity contribution is 5.84. The molecule has 0 saturated carbocycles. The number of hydrogen-bond acceptors (Lipinski definition) is 1. The van der Waals surface area contributed by atoms with Gasteiger partial charge >= 0.3 is 0 Å². The number of H-pyrrole nitrogens is 1. The summed E-state index contributed by atoms with van der Waals surface area (Å²) in [5, 5.41) is 1.33. The SMILES string of the molecule is CN(C)C(C)(C)C(C)(C)c1c[nH]c2ccccc12. The van der Waals surface area contributed by atoms with Crippen LogP contribution in [0.15, 0.2) is 30.5 Å². The van der Waals surface area contributed by atoms with Crippen molar-refractivity contribution in [3.63, 3.8) is 0 Å². The minimum absolute atomic E-state index is 0.0656. The number of rotatable bonds is 3. The van der Waals surface area contributed by atoms with Gasteiger partial charge in [0.05, 0.1) is 0 Å². The molecule has 1 aromatic carbocycles. The van der Waals surface area contributed by atoms with Crippen LogP contribution in [0.2, 0.25) is 0 Å². The third-order valence-corrected chi connectivity index (χ3v) is 4.91. The van der Waals surface area contributed by atoms with E-state index in [-0.39, 0.29) is 11.0 Å². The van der Waals surface area contributed by atoms with E-state index in [4.69, 9.17) is 0 Å². The number of hydrogen-bond donors (Lipinski definition) is 1. The highest BCUT2D eigenvalue weighted by atomic mass is 15.1. The lowest BCUT2D eigenvalue weighted by Gasteiger charge is -2.46. The van der Waals surface area contributed by atoms with Gasteiger partial charge in [0, 0.05) is 28.1 Å². The van der Waals surface area contributed by atoms with E-state index in [0.717, 1.165) is 0 Å². The number of fused-ring (bicyclic) bond motifs is 1. The molecule has 0 aliphatic heterocycles. The van der Waals surface area contributed by atoms with Crippen LogP contribution in [0.3, 0.4) is 0 Å². The van der Waals surface area contributed by atoms with Crippen LogP contribution in [0.4, 0.5) is 0 Å². The first-order valence-corrected chi connectivity index (χ1v) is 6.52. The molecular weight excluding hydrogens is 220 g/mol. The van der Waals surface area contributed by atoms with Gasteiger partial charge in [-0.05, 0) is 39.6 Å². The second kappa shape index (κ2) is 4.13. The normalized spacial score (nSPS) is 13.5. The van der Waals surface area contributed by atoms with E-state index in [0.29, 0.717) is 0 Å². The van der Waals surface area contributed by atoms with Crippen molar-refractivity contribution in [3.8, 4) is 0 Å². The van der Waals surface area contributed by atoms with Crippen molar-refractivity contribution in [2.24, 2.45) is 0 Å². The van der Waals surface area contributed by atoms with Crippen molar-refractivity contribution in [1.82, 2.24) is 9.88 Å². The van der Waals surface area contributed by atoms with Crippen molar-refractivity contribution in [1.29, 1.82) is 0 Å². The van der Waals surface area contributed by atoms with Gasteiger partial charge in [0.25, 0.3) is 0 Å². The van der Waals surface area contributed by atoms with E-state index in [9.17, 15) is 0 Å². The van der Waals surface area contributed by atoms with Gasteiger partial charge in [-0.1, -0.05) is 32.0 Å². The second-order valence-corrected chi connectivity index (χ2v) is 6.33. The Morgan fingerprint density at radius 1 is 1.00 bits per heavy atom. The number of para-hydroxylation sites is 1. The molecular formula is C16H24N2. The quantitative estimate of drug-likeness (QED) is 0.870. The second-order valence-electron chi connectivity index (χ2n) is 6.33. The summed E-state index contributed by atoms with van der Waals surface area (Å²) in [6.07, 6.45) is 2.16. The number of nitrogens with zero attached hydrogens (tertiary/aromatic N) is 1. The van der Waals surface area contributed by atoms with Gasteiger partial charge in [-0.15, -0.1) is 0 Å². The summed E-state index contributed by atoms with van der Waals surface area (Å²) in [4.78, 5) is 5.69. The molecule has 98 valence electrons. The molecule has 0 aliphatic carbocycles. The molecule has 1 N–H and O–H groups in total. The largest absolute Gasteiger partial charge is 0.361 e. The van der Waals surface area contributed by atoms with Crippen LogP contribution in [0.1, 0.15) is 33.3 Å². The van der Waals surface area contributed by atoms with Gasteiger partial charge in [-0.3, -0.25) is 0 Å². The van der Waals surface area contributed by atoms with Gasteiger partial charge < -0.3 is 9.88 Å². The number of benzene rings is 1. The molecule has 2 rings (SSSR count). The van der Waals surface area contributed by atoms with Gasteiger partial charge in [0.15, 0.2) is 0 Å². The monoisotopic (exact) mass is 244 g/mol. The summed E-state index contributed by atoms with van der Waals surface area (Å²) < 4.78 is 0. The van der Waals surface area contributed by atoms with E-state index in [2.05, 4.69) is 82.1 Å². The molecule has 0 atom stereocenters. The minimum Gasteiger partial charge on any atom is -0.361 e. The summed E-state index contributed by atoms with van der Waals surface area (Å²) in [5.74, 6) is 0. The fourth-order valence-corrected chi connectivity index (χ4v) is 2.48. The zero-order chi connectivity index (χ0) is 13.6. The molecule has 0 saturated heterocycles. The van der Waals surface area contributed by atoms with Crippen LogP contribution >= 0.6 is 0 Å². The average molecular weight is 244 g/mol. The maximum Gasteiger partial charge on any atom is 0.0457 e. The Kier molecular flexibility index (Phi) is 3.02. The van der Waals surface area contributed by atoms with Crippen LogP contribution < -0.4 is 0 Å². The smallest absolute Gasteiger partial charge is 0.0457 e. The molecule has 2 heteroatoms. The van der Waals surface area contributed by atoms with E-state index in [1.807, 2.05) is 0 Å². The van der Waals surface area contributed by atoms with Crippen molar-refractivity contribution in [2.45, 2.75) is 38.6 Å². The summed E-state index contributed by atoms with van der Waals surface area (Å²) in [5.41, 5.74) is 2.75. The van der Waals surface area contributed by atoms with E-state index in [1.165, 1.54) is 16.5 Å². The maximum atomic E-state index is 3.39. The topological polar surface area (TPSA) is 19.0 Å². The van der Waals surface area contributed by atoms with Gasteiger partial charge in [-0.2, -0.15) is 0 Å².